The van der Waals surface area contributed by atoms with Crippen molar-refractivity contribution in [3.63, 3.8) is 0 Å². The third kappa shape index (κ3) is 0.653. The van der Waals surface area contributed by atoms with Crippen molar-refractivity contribution in [1.82, 2.24) is 0 Å². The van der Waals surface area contributed by atoms with Gasteiger partial charge in [-0.2, -0.15) is 0 Å². The quantitative estimate of drug-likeness (QED) is 0.504. The fourth-order valence-electron chi connectivity index (χ4n) is 2.95. The number of rotatable bonds is 1. The van der Waals surface area contributed by atoms with Crippen LogP contribution in [0.2, 0.25) is 0 Å². The molecule has 0 heteroatoms. The molecule has 4 unspecified atom stereocenters. The van der Waals surface area contributed by atoms with Gasteiger partial charge in [0.25, 0.3) is 0 Å². The van der Waals surface area contributed by atoms with E-state index in [9.17, 15) is 0 Å². The lowest BCUT2D eigenvalue weighted by Crippen LogP contribution is -1.95. The molecule has 52 valence electrons. The van der Waals surface area contributed by atoms with Crippen molar-refractivity contribution >= 4 is 0 Å². The zero-order valence-corrected chi connectivity index (χ0v) is 6.43. The molecule has 0 radical (unpaired) electrons. The molecule has 2 aliphatic carbocycles. The molecule has 0 N–H and O–H groups in total. The van der Waals surface area contributed by atoms with Gasteiger partial charge in [0.15, 0.2) is 0 Å². The van der Waals surface area contributed by atoms with Crippen molar-refractivity contribution < 1.29 is 0 Å². The van der Waals surface area contributed by atoms with E-state index in [1.165, 1.54) is 18.8 Å². The van der Waals surface area contributed by atoms with Crippen LogP contribution in [0.15, 0.2) is 0 Å². The summed E-state index contributed by atoms with van der Waals surface area (Å²) in [6, 6.07) is 0. The molecular formula is C9H16. The summed E-state index contributed by atoms with van der Waals surface area (Å²) in [5.74, 6) is 4.55. The Bertz CT molecular complexity index is 113. The van der Waals surface area contributed by atoms with Gasteiger partial charge in [-0.15, -0.1) is 0 Å². The average Bonchev–Trinajstić information content (AvgIpc) is 2.46. The van der Waals surface area contributed by atoms with Crippen molar-refractivity contribution in [2.75, 3.05) is 0 Å². The van der Waals surface area contributed by atoms with E-state index in [-0.39, 0.29) is 0 Å². The van der Waals surface area contributed by atoms with Crippen LogP contribution < -0.4 is 0 Å². The third-order valence-electron chi connectivity index (χ3n) is 3.48. The van der Waals surface area contributed by atoms with Gasteiger partial charge >= 0.3 is 0 Å². The van der Waals surface area contributed by atoms with Crippen LogP contribution in [0.4, 0.5) is 0 Å². The molecule has 2 rings (SSSR count). The van der Waals surface area contributed by atoms with Gasteiger partial charge < -0.3 is 0 Å². The lowest BCUT2D eigenvalue weighted by atomic mass is 10.0. The Morgan fingerprint density at radius 2 is 2.11 bits per heavy atom. The first-order valence-electron chi connectivity index (χ1n) is 4.34. The van der Waals surface area contributed by atoms with E-state index in [1.807, 2.05) is 0 Å². The molecule has 4 atom stereocenters. The molecule has 0 aromatic carbocycles. The van der Waals surface area contributed by atoms with Crippen LogP contribution in [0, 0.1) is 23.7 Å². The summed E-state index contributed by atoms with van der Waals surface area (Å²) < 4.78 is 0. The van der Waals surface area contributed by atoms with Gasteiger partial charge in [-0.25, -0.2) is 0 Å². The molecule has 2 saturated carbocycles. The third-order valence-corrected chi connectivity index (χ3v) is 3.48. The molecule has 0 spiro atoms. The van der Waals surface area contributed by atoms with Crippen molar-refractivity contribution in [3.8, 4) is 0 Å². The second-order valence-corrected chi connectivity index (χ2v) is 3.87. The summed E-state index contributed by atoms with van der Waals surface area (Å²) in [4.78, 5) is 0. The van der Waals surface area contributed by atoms with Gasteiger partial charge in [-0.3, -0.25) is 0 Å². The molecule has 0 nitrogen and oxygen atoms in total. The highest BCUT2D eigenvalue weighted by Crippen LogP contribution is 2.61. The van der Waals surface area contributed by atoms with Crippen LogP contribution in [0.1, 0.15) is 33.1 Å². The zero-order valence-electron chi connectivity index (χ0n) is 6.43. The molecule has 0 bridgehead atoms. The minimum absolute atomic E-state index is 1.07. The second kappa shape index (κ2) is 1.74. The smallest absolute Gasteiger partial charge is 0.0326 e. The Morgan fingerprint density at radius 3 is 2.44 bits per heavy atom. The second-order valence-electron chi connectivity index (χ2n) is 3.87. The van der Waals surface area contributed by atoms with Crippen molar-refractivity contribution in [3.05, 3.63) is 0 Å². The van der Waals surface area contributed by atoms with Crippen molar-refractivity contribution in [1.29, 1.82) is 0 Å². The fraction of sp³-hybridized carbons (Fsp3) is 1.00. The van der Waals surface area contributed by atoms with Gasteiger partial charge in [-0.05, 0) is 30.1 Å². The number of hydrogen-bond donors (Lipinski definition) is 0. The highest BCUT2D eigenvalue weighted by Gasteiger charge is 2.54. The van der Waals surface area contributed by atoms with E-state index in [4.69, 9.17) is 0 Å². The number of hydrogen-bond acceptors (Lipinski definition) is 0. The van der Waals surface area contributed by atoms with Crippen molar-refractivity contribution in [2.45, 2.75) is 33.1 Å². The zero-order chi connectivity index (χ0) is 6.43. The summed E-state index contributed by atoms with van der Waals surface area (Å²) in [5, 5.41) is 0. The van der Waals surface area contributed by atoms with E-state index in [0.29, 0.717) is 0 Å². The summed E-state index contributed by atoms with van der Waals surface area (Å²) >= 11 is 0. The molecule has 0 aromatic rings. The molecule has 0 saturated heterocycles. The Morgan fingerprint density at radius 1 is 1.33 bits per heavy atom. The van der Waals surface area contributed by atoms with E-state index < -0.39 is 0 Å². The Hall–Kier alpha value is 0. The highest BCUT2D eigenvalue weighted by molar-refractivity contribution is 5.03. The number of fused-ring (bicyclic) bond motifs is 1. The standard InChI is InChI=1S/C9H16/c1-3-7-8-5-4-6(2)9(7)8/h6-9H,3-5H2,1-2H3. The van der Waals surface area contributed by atoms with E-state index in [2.05, 4.69) is 13.8 Å². The molecule has 0 aliphatic heterocycles. The highest BCUT2D eigenvalue weighted by atomic mass is 14.6. The SMILES string of the molecule is CCC1C2CCC(C)C12. The predicted molar refractivity (Wildman–Crippen MR) is 39.2 cm³/mol. The van der Waals surface area contributed by atoms with Gasteiger partial charge in [0.2, 0.25) is 0 Å². The molecule has 0 heterocycles. The topological polar surface area (TPSA) is 0 Å². The van der Waals surface area contributed by atoms with Crippen LogP contribution in [-0.2, 0) is 0 Å². The van der Waals surface area contributed by atoms with Crippen LogP contribution in [0.5, 0.6) is 0 Å². The minimum atomic E-state index is 1.07. The van der Waals surface area contributed by atoms with Gasteiger partial charge in [0.1, 0.15) is 0 Å². The Balaban J connectivity index is 1.98. The summed E-state index contributed by atoms with van der Waals surface area (Å²) in [5.41, 5.74) is 0. The van der Waals surface area contributed by atoms with Crippen LogP contribution >= 0.6 is 0 Å². The molecule has 0 amide bonds. The monoisotopic (exact) mass is 124 g/mol. The van der Waals surface area contributed by atoms with Crippen LogP contribution in [0.25, 0.3) is 0 Å². The Labute approximate surface area is 57.6 Å². The van der Waals surface area contributed by atoms with Crippen LogP contribution in [-0.4, -0.2) is 0 Å². The van der Waals surface area contributed by atoms with E-state index in [1.54, 1.807) is 6.42 Å². The lowest BCUT2D eigenvalue weighted by molar-refractivity contribution is 0.460. The minimum Gasteiger partial charge on any atom is -0.0651 e. The molecular weight excluding hydrogens is 108 g/mol. The summed E-state index contributed by atoms with van der Waals surface area (Å²) in [6.07, 6.45) is 4.51. The fourth-order valence-corrected chi connectivity index (χ4v) is 2.95. The largest absolute Gasteiger partial charge is 0.0651 e. The maximum atomic E-state index is 2.43. The molecule has 2 aliphatic rings. The summed E-state index contributed by atoms with van der Waals surface area (Å²) in [6.45, 7) is 4.77. The Kier molecular flexibility index (Phi) is 1.12. The summed E-state index contributed by atoms with van der Waals surface area (Å²) in [7, 11) is 0. The first kappa shape index (κ1) is 5.76. The average molecular weight is 124 g/mol. The van der Waals surface area contributed by atoms with Gasteiger partial charge in [-0.1, -0.05) is 26.7 Å². The normalized spacial score (nSPS) is 55.3. The van der Waals surface area contributed by atoms with E-state index in [0.717, 1.165) is 17.8 Å². The van der Waals surface area contributed by atoms with Gasteiger partial charge in [0.05, 0.1) is 0 Å². The molecule has 2 fully saturated rings. The lowest BCUT2D eigenvalue weighted by Gasteiger charge is -2.04. The van der Waals surface area contributed by atoms with Gasteiger partial charge in [0, 0.05) is 0 Å². The predicted octanol–water partition coefficient (Wildman–Crippen LogP) is 2.69. The maximum Gasteiger partial charge on any atom is -0.0326 e. The van der Waals surface area contributed by atoms with Crippen molar-refractivity contribution in [2.24, 2.45) is 23.7 Å². The molecule has 9 heavy (non-hydrogen) atoms. The molecule has 0 aromatic heterocycles. The van der Waals surface area contributed by atoms with E-state index >= 15 is 0 Å². The first-order valence-corrected chi connectivity index (χ1v) is 4.34. The first-order chi connectivity index (χ1) is 4.34. The van der Waals surface area contributed by atoms with Crippen LogP contribution in [0.3, 0.4) is 0 Å². The maximum absolute atomic E-state index is 2.43.